The molecule has 0 unspecified atom stereocenters. The van der Waals surface area contributed by atoms with E-state index in [1.54, 1.807) is 0 Å². The Morgan fingerprint density at radius 1 is 1.56 bits per heavy atom. The summed E-state index contributed by atoms with van der Waals surface area (Å²) in [5.41, 5.74) is 5.82. The van der Waals surface area contributed by atoms with E-state index in [2.05, 4.69) is 21.2 Å². The van der Waals surface area contributed by atoms with Crippen molar-refractivity contribution in [3.63, 3.8) is 0 Å². The number of carbonyl (C=O) groups is 1. The fourth-order valence-electron chi connectivity index (χ4n) is 1.28. The second-order valence-electron chi connectivity index (χ2n) is 3.88. The van der Waals surface area contributed by atoms with Crippen LogP contribution in [-0.4, -0.2) is 18.0 Å². The number of hydrogen-bond acceptors (Lipinski definition) is 3. The summed E-state index contributed by atoms with van der Waals surface area (Å²) in [4.78, 5) is 12.5. The van der Waals surface area contributed by atoms with Crippen molar-refractivity contribution in [2.75, 3.05) is 6.54 Å². The van der Waals surface area contributed by atoms with Gasteiger partial charge in [0.25, 0.3) is 5.91 Å². The van der Waals surface area contributed by atoms with Crippen molar-refractivity contribution < 1.29 is 4.79 Å². The summed E-state index contributed by atoms with van der Waals surface area (Å²) in [5.74, 6) is -0.0487. The second-order valence-corrected chi connectivity index (χ2v) is 5.71. The monoisotopic (exact) mass is 304 g/mol. The molecule has 16 heavy (non-hydrogen) atoms. The Morgan fingerprint density at radius 2 is 2.19 bits per heavy atom. The van der Waals surface area contributed by atoms with Crippen LogP contribution in [0.2, 0.25) is 0 Å². The van der Waals surface area contributed by atoms with Crippen molar-refractivity contribution in [3.8, 4) is 0 Å². The third-order valence-electron chi connectivity index (χ3n) is 2.80. The average Bonchev–Trinajstić information content (AvgIpc) is 2.72. The first-order valence-corrected chi connectivity index (χ1v) is 6.99. The smallest absolute Gasteiger partial charge is 0.261 e. The zero-order valence-corrected chi connectivity index (χ0v) is 12.0. The molecular weight excluding hydrogens is 288 g/mol. The van der Waals surface area contributed by atoms with Gasteiger partial charge in [-0.15, -0.1) is 11.3 Å². The van der Waals surface area contributed by atoms with Gasteiger partial charge in [0.05, 0.1) is 4.88 Å². The molecular formula is C11H17BrN2OS. The maximum absolute atomic E-state index is 11.8. The van der Waals surface area contributed by atoms with E-state index >= 15 is 0 Å². The van der Waals surface area contributed by atoms with Gasteiger partial charge in [-0.25, -0.2) is 0 Å². The molecule has 1 rings (SSSR count). The van der Waals surface area contributed by atoms with Gasteiger partial charge < -0.3 is 11.1 Å². The predicted octanol–water partition coefficient (Wildman–Crippen LogP) is 2.76. The van der Waals surface area contributed by atoms with Crippen LogP contribution in [0.5, 0.6) is 0 Å². The summed E-state index contributed by atoms with van der Waals surface area (Å²) in [6, 6.07) is 1.82. The van der Waals surface area contributed by atoms with E-state index in [0.717, 1.165) is 17.3 Å². The van der Waals surface area contributed by atoms with Gasteiger partial charge in [-0.2, -0.15) is 0 Å². The van der Waals surface area contributed by atoms with E-state index in [9.17, 15) is 4.79 Å². The minimum absolute atomic E-state index is 0.0487. The Morgan fingerprint density at radius 3 is 2.62 bits per heavy atom. The van der Waals surface area contributed by atoms with Gasteiger partial charge >= 0.3 is 0 Å². The van der Waals surface area contributed by atoms with E-state index in [1.165, 1.54) is 11.3 Å². The molecule has 0 saturated carbocycles. The zero-order valence-electron chi connectivity index (χ0n) is 9.55. The molecule has 0 saturated heterocycles. The fraction of sp³-hybridized carbons (Fsp3) is 0.545. The number of amides is 1. The van der Waals surface area contributed by atoms with Crippen LogP contribution in [0.15, 0.2) is 15.9 Å². The molecule has 0 bridgehead atoms. The first kappa shape index (κ1) is 13.7. The highest BCUT2D eigenvalue weighted by molar-refractivity contribution is 9.10. The van der Waals surface area contributed by atoms with Crippen LogP contribution in [0.4, 0.5) is 0 Å². The van der Waals surface area contributed by atoms with E-state index in [4.69, 9.17) is 5.73 Å². The molecule has 3 nitrogen and oxygen atoms in total. The topological polar surface area (TPSA) is 55.1 Å². The number of hydrogen-bond donors (Lipinski definition) is 2. The first-order valence-electron chi connectivity index (χ1n) is 5.32. The van der Waals surface area contributed by atoms with Crippen molar-refractivity contribution in [3.05, 3.63) is 20.8 Å². The molecule has 0 aliphatic heterocycles. The average molecular weight is 305 g/mol. The summed E-state index contributed by atoms with van der Waals surface area (Å²) < 4.78 is 0.938. The molecule has 0 aliphatic carbocycles. The van der Waals surface area contributed by atoms with Crippen LogP contribution in [0.3, 0.4) is 0 Å². The summed E-state index contributed by atoms with van der Waals surface area (Å²) >= 11 is 4.75. The molecule has 0 fully saturated rings. The van der Waals surface area contributed by atoms with Gasteiger partial charge in [0, 0.05) is 21.9 Å². The van der Waals surface area contributed by atoms with Crippen LogP contribution in [0, 0.1) is 0 Å². The van der Waals surface area contributed by atoms with Gasteiger partial charge in [0.15, 0.2) is 0 Å². The zero-order chi connectivity index (χ0) is 12.2. The van der Waals surface area contributed by atoms with Crippen molar-refractivity contribution in [1.82, 2.24) is 5.32 Å². The Labute approximate surface area is 109 Å². The molecule has 1 aromatic heterocycles. The lowest BCUT2D eigenvalue weighted by Gasteiger charge is -2.26. The van der Waals surface area contributed by atoms with E-state index < -0.39 is 0 Å². The van der Waals surface area contributed by atoms with Crippen molar-refractivity contribution in [2.24, 2.45) is 5.73 Å². The highest BCUT2D eigenvalue weighted by Crippen LogP contribution is 2.19. The van der Waals surface area contributed by atoms with E-state index in [1.807, 2.05) is 25.3 Å². The van der Waals surface area contributed by atoms with Gasteiger partial charge in [0.1, 0.15) is 0 Å². The lowest BCUT2D eigenvalue weighted by atomic mass is 9.94. The third kappa shape index (κ3) is 3.57. The highest BCUT2D eigenvalue weighted by atomic mass is 79.9. The van der Waals surface area contributed by atoms with E-state index in [-0.39, 0.29) is 11.4 Å². The summed E-state index contributed by atoms with van der Waals surface area (Å²) in [7, 11) is 0. The van der Waals surface area contributed by atoms with Gasteiger partial charge in [0.2, 0.25) is 0 Å². The van der Waals surface area contributed by atoms with Crippen molar-refractivity contribution in [2.45, 2.75) is 32.2 Å². The highest BCUT2D eigenvalue weighted by Gasteiger charge is 2.21. The number of halogens is 1. The molecule has 0 spiro atoms. The van der Waals surface area contributed by atoms with Crippen LogP contribution in [0.1, 0.15) is 36.4 Å². The van der Waals surface area contributed by atoms with Crippen molar-refractivity contribution in [1.29, 1.82) is 0 Å². The summed E-state index contributed by atoms with van der Waals surface area (Å²) in [6.07, 6.45) is 1.72. The lowest BCUT2D eigenvalue weighted by molar-refractivity contribution is 0.0946. The number of nitrogens with one attached hydrogen (secondary N) is 1. The first-order chi connectivity index (χ1) is 7.50. The van der Waals surface area contributed by atoms with Crippen LogP contribution < -0.4 is 11.1 Å². The number of thiophene rings is 1. The molecule has 0 atom stereocenters. The molecule has 1 aromatic rings. The Balaban J connectivity index is 2.53. The predicted molar refractivity (Wildman–Crippen MR) is 71.9 cm³/mol. The Kier molecular flexibility index (Phi) is 4.95. The molecule has 1 heterocycles. The molecule has 0 aliphatic rings. The quantitative estimate of drug-likeness (QED) is 0.879. The maximum Gasteiger partial charge on any atom is 0.261 e. The normalized spacial score (nSPS) is 11.5. The van der Waals surface area contributed by atoms with Gasteiger partial charge in [-0.1, -0.05) is 13.8 Å². The number of rotatable bonds is 5. The molecule has 90 valence electrons. The summed E-state index contributed by atoms with van der Waals surface area (Å²) in [5, 5.41) is 4.77. The van der Waals surface area contributed by atoms with Crippen LogP contribution >= 0.6 is 27.3 Å². The standard InChI is InChI=1S/C11H17BrN2OS/c1-3-11(13,4-2)7-14-10(15)9-5-8(12)6-16-9/h5-6H,3-4,7,13H2,1-2H3,(H,14,15). The Hall–Kier alpha value is -0.390. The second kappa shape index (κ2) is 5.80. The molecule has 3 N–H and O–H groups in total. The lowest BCUT2D eigenvalue weighted by Crippen LogP contribution is -2.49. The van der Waals surface area contributed by atoms with E-state index in [0.29, 0.717) is 11.4 Å². The minimum atomic E-state index is -0.288. The molecule has 0 aromatic carbocycles. The number of carbonyl (C=O) groups excluding carboxylic acids is 1. The maximum atomic E-state index is 11.8. The Bertz CT molecular complexity index is 361. The van der Waals surface area contributed by atoms with Crippen LogP contribution in [0.25, 0.3) is 0 Å². The van der Waals surface area contributed by atoms with Crippen LogP contribution in [-0.2, 0) is 0 Å². The van der Waals surface area contributed by atoms with Gasteiger partial charge in [-0.3, -0.25) is 4.79 Å². The third-order valence-corrected chi connectivity index (χ3v) is 4.49. The SMILES string of the molecule is CCC(N)(CC)CNC(=O)c1cc(Br)cs1. The number of nitrogens with two attached hydrogens (primary N) is 1. The molecule has 0 radical (unpaired) electrons. The molecule has 1 amide bonds. The fourth-order valence-corrected chi connectivity index (χ4v) is 2.62. The minimum Gasteiger partial charge on any atom is -0.349 e. The van der Waals surface area contributed by atoms with Gasteiger partial charge in [-0.05, 0) is 34.8 Å². The van der Waals surface area contributed by atoms with Crippen molar-refractivity contribution >= 4 is 33.2 Å². The summed E-state index contributed by atoms with van der Waals surface area (Å²) in [6.45, 7) is 4.60. The molecule has 5 heteroatoms. The largest absolute Gasteiger partial charge is 0.349 e.